The predicted octanol–water partition coefficient (Wildman–Crippen LogP) is 5.73. The van der Waals surface area contributed by atoms with Crippen molar-refractivity contribution >= 4 is 57.2 Å². The first kappa shape index (κ1) is 60.7. The van der Waals surface area contributed by atoms with Crippen molar-refractivity contribution in [1.82, 2.24) is 20.4 Å². The van der Waals surface area contributed by atoms with Gasteiger partial charge in [0.2, 0.25) is 0 Å². The van der Waals surface area contributed by atoms with Crippen molar-refractivity contribution in [2.24, 2.45) is 17.8 Å². The van der Waals surface area contributed by atoms with E-state index in [1.165, 1.54) is 25.4 Å². The van der Waals surface area contributed by atoms with Crippen LogP contribution in [0.1, 0.15) is 91.2 Å². The molecule has 3 fully saturated rings. The molecule has 18 atom stereocenters. The van der Waals surface area contributed by atoms with E-state index in [9.17, 15) is 35.1 Å². The number of alkyl halides is 1. The molecule has 0 spiro atoms. The van der Waals surface area contributed by atoms with Gasteiger partial charge in [-0.3, -0.25) is 9.59 Å². The summed E-state index contributed by atoms with van der Waals surface area (Å²) in [4.78, 5) is 33.6. The number of methoxy groups -OCH3 is 1. The molecule has 0 bridgehead atoms. The van der Waals surface area contributed by atoms with Gasteiger partial charge in [0.05, 0.1) is 40.8 Å². The van der Waals surface area contributed by atoms with Crippen molar-refractivity contribution in [3.05, 3.63) is 59.5 Å². The van der Waals surface area contributed by atoms with Crippen molar-refractivity contribution in [2.75, 3.05) is 59.7 Å². The maximum atomic E-state index is 14.5. The highest BCUT2D eigenvalue weighted by Crippen LogP contribution is 2.49. The highest BCUT2D eigenvalue weighted by molar-refractivity contribution is 14.1. The van der Waals surface area contributed by atoms with Crippen molar-refractivity contribution in [2.45, 2.75) is 169 Å². The number of amides is 1. The number of nitrogens with one attached hydrogen (secondary N) is 3. The molecule has 3 saturated heterocycles. The van der Waals surface area contributed by atoms with Gasteiger partial charge >= 0.3 is 5.97 Å². The second-order valence-corrected chi connectivity index (χ2v) is 25.1. The fourth-order valence-corrected chi connectivity index (χ4v) is 13.6. The second-order valence-electron chi connectivity index (χ2n) is 22.9. The molecule has 4 aliphatic heterocycles. The summed E-state index contributed by atoms with van der Waals surface area (Å²) in [6.45, 7) is 16.7. The molecule has 0 aliphatic carbocycles. The molecular weight excluding hydrogens is 1110 g/mol. The number of anilines is 2. The average Bonchev–Trinajstić information content (AvgIpc) is 3.76. The van der Waals surface area contributed by atoms with Crippen LogP contribution in [0.5, 0.6) is 0 Å². The lowest BCUT2D eigenvalue weighted by atomic mass is 9.75. The molecule has 0 saturated carbocycles. The number of cyclic esters (lactones) is 1. The molecule has 8 N–H and O–H groups in total. The van der Waals surface area contributed by atoms with Gasteiger partial charge < -0.3 is 79.7 Å². The van der Waals surface area contributed by atoms with Gasteiger partial charge in [-0.2, -0.15) is 0 Å². The molecule has 0 radical (unpaired) electrons. The Morgan fingerprint density at radius 2 is 1.57 bits per heavy atom. The quantitative estimate of drug-likeness (QED) is 0.0367. The number of thiophene rings is 1. The highest BCUT2D eigenvalue weighted by atomic mass is 127. The van der Waals surface area contributed by atoms with Crippen LogP contribution in [0.25, 0.3) is 21.6 Å². The molecule has 0 unspecified atom stereocenters. The Labute approximate surface area is 466 Å². The molecule has 2 aromatic carbocycles. The van der Waals surface area contributed by atoms with Crippen LogP contribution in [0.3, 0.4) is 0 Å². The summed E-state index contributed by atoms with van der Waals surface area (Å²) in [6.07, 6.45) is -7.45. The van der Waals surface area contributed by atoms with Crippen LogP contribution < -0.4 is 16.0 Å². The van der Waals surface area contributed by atoms with Gasteiger partial charge in [0.25, 0.3) is 5.91 Å². The highest BCUT2D eigenvalue weighted by Gasteiger charge is 2.58. The molecule has 1 amide bonds. The Morgan fingerprint density at radius 1 is 0.921 bits per heavy atom. The van der Waals surface area contributed by atoms with E-state index in [0.717, 1.165) is 32.9 Å². The zero-order valence-corrected chi connectivity index (χ0v) is 49.4. The van der Waals surface area contributed by atoms with E-state index in [0.29, 0.717) is 24.4 Å². The Kier molecular flexibility index (Phi) is 19.5. The number of aliphatic hydroxyl groups is 5. The number of halogens is 1. The van der Waals surface area contributed by atoms with Gasteiger partial charge in [-0.05, 0) is 129 Å². The van der Waals surface area contributed by atoms with Crippen LogP contribution >= 0.6 is 33.9 Å². The van der Waals surface area contributed by atoms with Gasteiger partial charge in [0.1, 0.15) is 29.0 Å². The number of rotatable bonds is 12. The van der Waals surface area contributed by atoms with E-state index in [1.54, 1.807) is 41.5 Å². The monoisotopic (exact) mass is 1190 g/mol. The van der Waals surface area contributed by atoms with Crippen molar-refractivity contribution in [3.63, 3.8) is 0 Å². The largest absolute Gasteiger partial charge is 0.448 e. The molecule has 3 aromatic rings. The number of para-hydroxylation sites is 2. The average molecular weight is 1190 g/mol. The number of esters is 1. The molecule has 5 heterocycles. The van der Waals surface area contributed by atoms with Crippen LogP contribution in [0.2, 0.25) is 0 Å². The third-order valence-corrected chi connectivity index (χ3v) is 19.4. The second kappa shape index (κ2) is 24.4. The topological polar surface area (TPSA) is 233 Å². The van der Waals surface area contributed by atoms with E-state index in [4.69, 9.17) is 28.4 Å². The molecular formula is C56H84IN5O13S. The number of aliphatic hydroxyl groups excluding tert-OH is 2. The lowest BCUT2D eigenvalue weighted by Crippen LogP contribution is -2.70. The van der Waals surface area contributed by atoms with Crippen molar-refractivity contribution < 1.29 is 63.5 Å². The summed E-state index contributed by atoms with van der Waals surface area (Å²) >= 11 is 3.27. The summed E-state index contributed by atoms with van der Waals surface area (Å²) < 4.78 is 37.6. The molecule has 4 aliphatic rings. The summed E-state index contributed by atoms with van der Waals surface area (Å²) in [5, 5.41) is 70.3. The lowest BCUT2D eigenvalue weighted by molar-refractivity contribution is -0.336. The first-order valence-electron chi connectivity index (χ1n) is 26.6. The van der Waals surface area contributed by atoms with Crippen LogP contribution in [0.4, 0.5) is 11.4 Å². The molecule has 20 heteroatoms. The van der Waals surface area contributed by atoms with Crippen molar-refractivity contribution in [3.8, 4) is 21.6 Å². The summed E-state index contributed by atoms with van der Waals surface area (Å²) in [6, 6.07) is 17.1. The Morgan fingerprint density at radius 3 is 2.22 bits per heavy atom. The molecule has 18 nitrogen and oxygen atoms in total. The Balaban J connectivity index is 1.10. The number of hydrogen-bond acceptors (Lipinski definition) is 18. The van der Waals surface area contributed by atoms with Crippen LogP contribution in [0, 0.1) is 17.8 Å². The minimum absolute atomic E-state index is 0.00989. The first-order chi connectivity index (χ1) is 35.6. The van der Waals surface area contributed by atoms with E-state index >= 15 is 0 Å². The Hall–Kier alpha value is -2.91. The van der Waals surface area contributed by atoms with Gasteiger partial charge in [0.15, 0.2) is 16.7 Å². The van der Waals surface area contributed by atoms with Crippen molar-refractivity contribution in [1.29, 1.82) is 0 Å². The van der Waals surface area contributed by atoms with Gasteiger partial charge in [-0.1, -0.05) is 50.2 Å². The standard InChI is InChI=1S/C56H84IN5O13S/c1-30-26-53(7,67)48(74-51-44(63)41(61(10)11)24-31(2)71-51)32(3)45(33(4)50(66)75-52(57)55(9,68)47(64)34(5)62(12)28-30)73-43-27-54(8,70-13)56(69,35(6)72-43)29-58-22-23-59-49(65)42-25-38-36-18-14-16-20-39(36)60-40-21-17-15-19-37(40)46(38)76-42/h14-21,25,30-35,41,43-45,47-48,51-52,58,60,63-64,67-69H,22-24,26-29H2,1-13H3,(H,59,65)/t30-,31-,32+,33-,34-,35+,41+,43+,44-,45+,47-,48-,51+,52+,53-,54-,55+,56-/m1/s1. The zero-order valence-electron chi connectivity index (χ0n) is 46.4. The Bertz CT molecular complexity index is 2400. The number of likely N-dealkylation sites (N-methyl/N-ethyl adjacent to an activating group) is 2. The SMILES string of the molecule is CO[C@]1(C)C[C@H](O[C@H]2[C@H](C)[C@@H](O[C@@H]3O[C@H](C)C[C@H](N(C)C)[C@H]3O)[C@](C)(O)C[C@@H](C)CN(C)[C@H](C)[C@@H](O)[C@](C)(O)[C@@H](I)OC(=O)[C@@H]2C)O[C@@H](C)[C@]1(O)CNCCNC(=O)c1cc2c(s1)-c1ccccc1Nc1ccccc1-2. The van der Waals surface area contributed by atoms with Gasteiger partial charge in [-0.15, -0.1) is 11.3 Å². The zero-order chi connectivity index (χ0) is 55.8. The summed E-state index contributed by atoms with van der Waals surface area (Å²) in [5.74, 6) is -3.11. The first-order valence-corrected chi connectivity index (χ1v) is 28.7. The lowest BCUT2D eigenvalue weighted by Gasteiger charge is -2.53. The van der Waals surface area contributed by atoms with Crippen LogP contribution in [0.15, 0.2) is 54.6 Å². The maximum Gasteiger partial charge on any atom is 0.312 e. The fourth-order valence-electron chi connectivity index (χ4n) is 11.8. The maximum absolute atomic E-state index is 14.5. The number of benzene rings is 2. The third-order valence-electron chi connectivity index (χ3n) is 16.7. The molecule has 76 heavy (non-hydrogen) atoms. The number of fused-ring (bicyclic) bond motifs is 5. The van der Waals surface area contributed by atoms with E-state index in [-0.39, 0.29) is 49.9 Å². The summed E-state index contributed by atoms with van der Waals surface area (Å²) in [5.41, 5.74) is -1.49. The fraction of sp³-hybridized carbons (Fsp3) is 0.679. The van der Waals surface area contributed by atoms with E-state index < -0.39 is 93.5 Å². The number of nitrogens with zero attached hydrogens (tertiary/aromatic N) is 2. The third kappa shape index (κ3) is 12.7. The minimum Gasteiger partial charge on any atom is -0.448 e. The number of carbonyl (C=O) groups is 2. The number of hydrogen-bond donors (Lipinski definition) is 8. The molecule has 1 aromatic heterocycles. The molecule has 7 rings (SSSR count). The van der Waals surface area contributed by atoms with E-state index in [1.807, 2.05) is 116 Å². The normalized spacial score (nSPS) is 38.8. The van der Waals surface area contributed by atoms with Gasteiger partial charge in [-0.25, -0.2) is 0 Å². The smallest absolute Gasteiger partial charge is 0.312 e. The number of carbonyl (C=O) groups excluding carboxylic acids is 2. The van der Waals surface area contributed by atoms with Crippen LogP contribution in [-0.4, -0.2) is 189 Å². The van der Waals surface area contributed by atoms with E-state index in [2.05, 4.69) is 22.0 Å². The summed E-state index contributed by atoms with van der Waals surface area (Å²) in [7, 11) is 7.08. The number of ether oxygens (including phenoxy) is 6. The predicted molar refractivity (Wildman–Crippen MR) is 301 cm³/mol. The minimum atomic E-state index is -1.88. The van der Waals surface area contributed by atoms with Gasteiger partial charge in [0, 0.05) is 90.7 Å². The molecule has 424 valence electrons. The van der Waals surface area contributed by atoms with Crippen LogP contribution in [-0.2, 0) is 33.2 Å².